The molecule has 0 amide bonds. The van der Waals surface area contributed by atoms with E-state index in [0.717, 1.165) is 34.9 Å². The molecule has 0 aliphatic carbocycles. The standard InChI is InChI=1S/C13H15N3O2S/c1-8-6-9(2-3-10(8)14)13-15-12(16-18-13)11-7-19-5-4-17-11/h2-3,6,11H,4-5,7,14H2,1H3. The predicted octanol–water partition coefficient (Wildman–Crippen LogP) is 2.43. The first-order chi connectivity index (χ1) is 9.24. The van der Waals surface area contributed by atoms with Crippen LogP contribution >= 0.6 is 11.8 Å². The van der Waals surface area contributed by atoms with E-state index in [-0.39, 0.29) is 6.10 Å². The minimum absolute atomic E-state index is 0.0638. The molecule has 3 rings (SSSR count). The Kier molecular flexibility index (Phi) is 3.44. The van der Waals surface area contributed by atoms with Gasteiger partial charge in [0.15, 0.2) is 0 Å². The van der Waals surface area contributed by atoms with Crippen molar-refractivity contribution in [2.24, 2.45) is 0 Å². The summed E-state index contributed by atoms with van der Waals surface area (Å²) in [6, 6.07) is 5.68. The lowest BCUT2D eigenvalue weighted by atomic mass is 10.1. The fourth-order valence-electron chi connectivity index (χ4n) is 1.93. The largest absolute Gasteiger partial charge is 0.399 e. The molecule has 1 aromatic heterocycles. The van der Waals surface area contributed by atoms with Gasteiger partial charge < -0.3 is 15.0 Å². The van der Waals surface area contributed by atoms with Crippen molar-refractivity contribution in [2.45, 2.75) is 13.0 Å². The molecule has 0 spiro atoms. The second kappa shape index (κ2) is 5.22. The highest BCUT2D eigenvalue weighted by Crippen LogP contribution is 2.27. The summed E-state index contributed by atoms with van der Waals surface area (Å²) in [7, 11) is 0. The van der Waals surface area contributed by atoms with Crippen LogP contribution in [0.3, 0.4) is 0 Å². The van der Waals surface area contributed by atoms with E-state index in [1.807, 2.05) is 36.9 Å². The summed E-state index contributed by atoms with van der Waals surface area (Å²) >= 11 is 1.84. The number of hydrogen-bond acceptors (Lipinski definition) is 6. The van der Waals surface area contributed by atoms with Gasteiger partial charge >= 0.3 is 0 Å². The molecular formula is C13H15N3O2S. The number of nitrogens with two attached hydrogens (primary N) is 1. The highest BCUT2D eigenvalue weighted by molar-refractivity contribution is 7.99. The van der Waals surface area contributed by atoms with E-state index in [9.17, 15) is 0 Å². The highest BCUT2D eigenvalue weighted by Gasteiger charge is 2.22. The van der Waals surface area contributed by atoms with Gasteiger partial charge in [-0.3, -0.25) is 0 Å². The zero-order chi connectivity index (χ0) is 13.2. The second-order valence-electron chi connectivity index (χ2n) is 4.46. The van der Waals surface area contributed by atoms with Crippen molar-refractivity contribution in [3.8, 4) is 11.5 Å². The van der Waals surface area contributed by atoms with Crippen LogP contribution in [-0.4, -0.2) is 28.3 Å². The second-order valence-corrected chi connectivity index (χ2v) is 5.61. The molecule has 0 bridgehead atoms. The number of benzene rings is 1. The maximum atomic E-state index is 5.80. The molecule has 1 saturated heterocycles. The monoisotopic (exact) mass is 277 g/mol. The van der Waals surface area contributed by atoms with Crippen LogP contribution in [0, 0.1) is 6.92 Å². The molecule has 1 unspecified atom stereocenters. The van der Waals surface area contributed by atoms with Crippen LogP contribution in [0.25, 0.3) is 11.5 Å². The highest BCUT2D eigenvalue weighted by atomic mass is 32.2. The molecule has 0 radical (unpaired) electrons. The van der Waals surface area contributed by atoms with E-state index < -0.39 is 0 Å². The van der Waals surface area contributed by atoms with Gasteiger partial charge in [-0.15, -0.1) is 0 Å². The molecule has 1 aromatic carbocycles. The Balaban J connectivity index is 1.85. The van der Waals surface area contributed by atoms with Gasteiger partial charge in [0.25, 0.3) is 5.89 Å². The van der Waals surface area contributed by atoms with E-state index in [1.54, 1.807) is 0 Å². The van der Waals surface area contributed by atoms with E-state index in [1.165, 1.54) is 0 Å². The van der Waals surface area contributed by atoms with Crippen molar-refractivity contribution < 1.29 is 9.26 Å². The van der Waals surface area contributed by atoms with E-state index >= 15 is 0 Å². The Hall–Kier alpha value is -1.53. The zero-order valence-corrected chi connectivity index (χ0v) is 11.4. The molecule has 2 aromatic rings. The van der Waals surface area contributed by atoms with Crippen LogP contribution in [0.5, 0.6) is 0 Å². The van der Waals surface area contributed by atoms with Crippen LogP contribution in [0.1, 0.15) is 17.5 Å². The molecule has 19 heavy (non-hydrogen) atoms. The minimum Gasteiger partial charge on any atom is -0.399 e. The van der Waals surface area contributed by atoms with Crippen molar-refractivity contribution in [1.29, 1.82) is 0 Å². The van der Waals surface area contributed by atoms with Gasteiger partial charge in [0, 0.05) is 22.8 Å². The number of aryl methyl sites for hydroxylation is 1. The van der Waals surface area contributed by atoms with Crippen LogP contribution < -0.4 is 5.73 Å². The molecule has 6 heteroatoms. The number of thioether (sulfide) groups is 1. The first-order valence-electron chi connectivity index (χ1n) is 6.13. The number of nitrogen functional groups attached to an aromatic ring is 1. The van der Waals surface area contributed by atoms with Gasteiger partial charge in [0.05, 0.1) is 6.61 Å². The normalized spacial score (nSPS) is 19.5. The molecular weight excluding hydrogens is 262 g/mol. The van der Waals surface area contributed by atoms with Crippen molar-refractivity contribution in [3.63, 3.8) is 0 Å². The lowest BCUT2D eigenvalue weighted by molar-refractivity contribution is 0.0677. The summed E-state index contributed by atoms with van der Waals surface area (Å²) < 4.78 is 10.9. The molecule has 1 atom stereocenters. The number of nitrogens with zero attached hydrogens (tertiary/aromatic N) is 2. The van der Waals surface area contributed by atoms with Gasteiger partial charge in [0.2, 0.25) is 5.82 Å². The fourth-order valence-corrected chi connectivity index (χ4v) is 2.77. The number of ether oxygens (including phenoxy) is 1. The van der Waals surface area contributed by atoms with Gasteiger partial charge in [0.1, 0.15) is 6.10 Å². The molecule has 1 aliphatic rings. The SMILES string of the molecule is Cc1cc(-c2nc(C3CSCCO3)no2)ccc1N. The van der Waals surface area contributed by atoms with Gasteiger partial charge in [-0.1, -0.05) is 5.16 Å². The summed E-state index contributed by atoms with van der Waals surface area (Å²) in [5.41, 5.74) is 8.44. The third-order valence-corrected chi connectivity index (χ3v) is 4.06. The number of rotatable bonds is 2. The third kappa shape index (κ3) is 2.59. The van der Waals surface area contributed by atoms with Crippen molar-refractivity contribution >= 4 is 17.4 Å². The minimum atomic E-state index is -0.0638. The van der Waals surface area contributed by atoms with Gasteiger partial charge in [-0.25, -0.2) is 0 Å². The average molecular weight is 277 g/mol. The van der Waals surface area contributed by atoms with Crippen LogP contribution in [0.4, 0.5) is 5.69 Å². The fraction of sp³-hybridized carbons (Fsp3) is 0.385. The smallest absolute Gasteiger partial charge is 0.258 e. The van der Waals surface area contributed by atoms with E-state index in [2.05, 4.69) is 10.1 Å². The molecule has 2 heterocycles. The summed E-state index contributed by atoms with van der Waals surface area (Å²) in [6.07, 6.45) is -0.0638. The van der Waals surface area contributed by atoms with Crippen molar-refractivity contribution in [3.05, 3.63) is 29.6 Å². The summed E-state index contributed by atoms with van der Waals surface area (Å²) in [4.78, 5) is 4.42. The number of anilines is 1. The molecule has 1 aliphatic heterocycles. The lowest BCUT2D eigenvalue weighted by Gasteiger charge is -2.18. The third-order valence-electron chi connectivity index (χ3n) is 3.06. The van der Waals surface area contributed by atoms with Gasteiger partial charge in [-0.2, -0.15) is 16.7 Å². The molecule has 100 valence electrons. The quantitative estimate of drug-likeness (QED) is 0.850. The summed E-state index contributed by atoms with van der Waals surface area (Å²) in [5, 5.41) is 4.01. The zero-order valence-electron chi connectivity index (χ0n) is 10.6. The topological polar surface area (TPSA) is 74.2 Å². The predicted molar refractivity (Wildman–Crippen MR) is 74.9 cm³/mol. The Bertz CT molecular complexity index is 579. The maximum absolute atomic E-state index is 5.80. The van der Waals surface area contributed by atoms with Crippen LogP contribution in [0.2, 0.25) is 0 Å². The van der Waals surface area contributed by atoms with E-state index in [0.29, 0.717) is 11.7 Å². The lowest BCUT2D eigenvalue weighted by Crippen LogP contribution is -2.16. The van der Waals surface area contributed by atoms with E-state index in [4.69, 9.17) is 15.0 Å². The number of aromatic nitrogens is 2. The van der Waals surface area contributed by atoms with Crippen LogP contribution in [-0.2, 0) is 4.74 Å². The Morgan fingerprint density at radius 2 is 2.32 bits per heavy atom. The molecule has 5 nitrogen and oxygen atoms in total. The Morgan fingerprint density at radius 1 is 1.42 bits per heavy atom. The summed E-state index contributed by atoms with van der Waals surface area (Å²) in [5.74, 6) is 3.03. The van der Waals surface area contributed by atoms with Gasteiger partial charge in [-0.05, 0) is 30.7 Å². The Labute approximate surface area is 115 Å². The van der Waals surface area contributed by atoms with Crippen LogP contribution in [0.15, 0.2) is 22.7 Å². The average Bonchev–Trinajstić information content (AvgIpc) is 2.93. The Morgan fingerprint density at radius 3 is 3.05 bits per heavy atom. The maximum Gasteiger partial charge on any atom is 0.258 e. The molecule has 2 N–H and O–H groups in total. The van der Waals surface area contributed by atoms with Crippen molar-refractivity contribution in [1.82, 2.24) is 10.1 Å². The summed E-state index contributed by atoms with van der Waals surface area (Å²) in [6.45, 7) is 2.69. The molecule has 0 saturated carbocycles. The van der Waals surface area contributed by atoms with Crippen molar-refractivity contribution in [2.75, 3.05) is 23.8 Å². The molecule has 1 fully saturated rings. The number of hydrogen-bond donors (Lipinski definition) is 1. The first-order valence-corrected chi connectivity index (χ1v) is 7.29. The first kappa shape index (κ1) is 12.5.